The zero-order chi connectivity index (χ0) is 14.8. The number of hydrogen-bond donors (Lipinski definition) is 2. The zero-order valence-corrected chi connectivity index (χ0v) is 13.0. The van der Waals surface area contributed by atoms with Gasteiger partial charge in [-0.05, 0) is 17.5 Å². The highest BCUT2D eigenvalue weighted by molar-refractivity contribution is 7.93. The molecule has 0 unspecified atom stereocenters. The Balaban J connectivity index is 2.31. The minimum absolute atomic E-state index is 0.173. The summed E-state index contributed by atoms with van der Waals surface area (Å²) < 4.78 is 27.2. The van der Waals surface area contributed by atoms with E-state index in [0.717, 1.165) is 5.69 Å². The predicted octanol–water partition coefficient (Wildman–Crippen LogP) is 2.53. The predicted molar refractivity (Wildman–Crippen MR) is 81.3 cm³/mol. The van der Waals surface area contributed by atoms with Crippen molar-refractivity contribution in [1.82, 2.24) is 4.98 Å². The molecular weight excluding hydrogens is 294 g/mol. The highest BCUT2D eigenvalue weighted by Crippen LogP contribution is 2.25. The second kappa shape index (κ2) is 5.90. The Kier molecular flexibility index (Phi) is 4.42. The SMILES string of the molecule is CC(C)c1csc(NS(=O)(=O)c2ccccc2CN)n1. The van der Waals surface area contributed by atoms with Crippen molar-refractivity contribution in [3.8, 4) is 0 Å². The molecule has 1 aromatic heterocycles. The zero-order valence-electron chi connectivity index (χ0n) is 11.3. The molecule has 0 radical (unpaired) electrons. The van der Waals surface area contributed by atoms with Gasteiger partial charge in [0.25, 0.3) is 10.0 Å². The van der Waals surface area contributed by atoms with Gasteiger partial charge in [0.15, 0.2) is 5.13 Å². The molecular formula is C13H17N3O2S2. The summed E-state index contributed by atoms with van der Waals surface area (Å²) in [6.45, 7) is 4.19. The van der Waals surface area contributed by atoms with Gasteiger partial charge in [0.05, 0.1) is 10.6 Å². The first kappa shape index (κ1) is 15.0. The van der Waals surface area contributed by atoms with Crippen molar-refractivity contribution in [3.05, 3.63) is 40.9 Å². The standard InChI is InChI=1S/C13H17N3O2S2/c1-9(2)11-8-19-13(15-11)16-20(17,18)12-6-4-3-5-10(12)7-14/h3-6,8-9H,7,14H2,1-2H3,(H,15,16). The third-order valence-electron chi connectivity index (χ3n) is 2.82. The number of rotatable bonds is 5. The molecule has 0 aliphatic rings. The summed E-state index contributed by atoms with van der Waals surface area (Å²) in [6, 6.07) is 6.69. The van der Waals surface area contributed by atoms with Gasteiger partial charge in [0.2, 0.25) is 0 Å². The molecule has 1 aromatic carbocycles. The van der Waals surface area contributed by atoms with Gasteiger partial charge in [-0.2, -0.15) is 0 Å². The van der Waals surface area contributed by atoms with Crippen LogP contribution in [0.5, 0.6) is 0 Å². The highest BCUT2D eigenvalue weighted by atomic mass is 32.2. The van der Waals surface area contributed by atoms with Gasteiger partial charge in [-0.1, -0.05) is 32.0 Å². The van der Waals surface area contributed by atoms with Crippen molar-refractivity contribution in [2.24, 2.45) is 5.73 Å². The first-order valence-corrected chi connectivity index (χ1v) is 8.56. The molecule has 2 aromatic rings. The number of nitrogens with two attached hydrogens (primary N) is 1. The van der Waals surface area contributed by atoms with Crippen molar-refractivity contribution < 1.29 is 8.42 Å². The number of thiazole rings is 1. The summed E-state index contributed by atoms with van der Waals surface area (Å²) >= 11 is 1.28. The molecule has 0 aliphatic carbocycles. The third kappa shape index (κ3) is 3.17. The Morgan fingerprint density at radius 2 is 2.05 bits per heavy atom. The lowest BCUT2D eigenvalue weighted by molar-refractivity contribution is 0.600. The average Bonchev–Trinajstić information content (AvgIpc) is 2.86. The molecule has 20 heavy (non-hydrogen) atoms. The van der Waals surface area contributed by atoms with E-state index in [9.17, 15) is 8.42 Å². The lowest BCUT2D eigenvalue weighted by Crippen LogP contribution is -2.16. The molecule has 0 atom stereocenters. The van der Waals surface area contributed by atoms with Gasteiger partial charge < -0.3 is 5.73 Å². The normalized spacial score (nSPS) is 11.8. The first-order valence-electron chi connectivity index (χ1n) is 6.20. The van der Waals surface area contributed by atoms with Gasteiger partial charge in [-0.15, -0.1) is 11.3 Å². The quantitative estimate of drug-likeness (QED) is 0.888. The molecule has 1 heterocycles. The van der Waals surface area contributed by atoms with Gasteiger partial charge in [0, 0.05) is 11.9 Å². The number of aromatic nitrogens is 1. The van der Waals surface area contributed by atoms with E-state index in [4.69, 9.17) is 5.73 Å². The maximum Gasteiger partial charge on any atom is 0.263 e. The van der Waals surface area contributed by atoms with E-state index >= 15 is 0 Å². The van der Waals surface area contributed by atoms with Crippen LogP contribution in [0.15, 0.2) is 34.5 Å². The van der Waals surface area contributed by atoms with E-state index in [1.807, 2.05) is 19.2 Å². The molecule has 0 aliphatic heterocycles. The van der Waals surface area contributed by atoms with Crippen LogP contribution in [0.1, 0.15) is 31.0 Å². The van der Waals surface area contributed by atoms with E-state index in [1.54, 1.807) is 24.3 Å². The van der Waals surface area contributed by atoms with E-state index in [-0.39, 0.29) is 17.4 Å². The fourth-order valence-electron chi connectivity index (χ4n) is 1.70. The number of nitrogens with zero attached hydrogens (tertiary/aromatic N) is 1. The van der Waals surface area contributed by atoms with Crippen LogP contribution in [-0.4, -0.2) is 13.4 Å². The van der Waals surface area contributed by atoms with Gasteiger partial charge >= 0.3 is 0 Å². The van der Waals surface area contributed by atoms with E-state index < -0.39 is 10.0 Å². The molecule has 2 rings (SSSR count). The van der Waals surface area contributed by atoms with Crippen molar-refractivity contribution in [1.29, 1.82) is 0 Å². The Morgan fingerprint density at radius 3 is 2.65 bits per heavy atom. The minimum Gasteiger partial charge on any atom is -0.326 e. The number of benzene rings is 1. The molecule has 0 spiro atoms. The van der Waals surface area contributed by atoms with Crippen molar-refractivity contribution in [3.63, 3.8) is 0 Å². The maximum atomic E-state index is 12.4. The van der Waals surface area contributed by atoms with E-state index in [1.165, 1.54) is 11.3 Å². The van der Waals surface area contributed by atoms with Crippen LogP contribution >= 0.6 is 11.3 Å². The van der Waals surface area contributed by atoms with Gasteiger partial charge in [-0.3, -0.25) is 4.72 Å². The molecule has 108 valence electrons. The molecule has 7 heteroatoms. The number of sulfonamides is 1. The van der Waals surface area contributed by atoms with Gasteiger partial charge in [-0.25, -0.2) is 13.4 Å². The summed E-state index contributed by atoms with van der Waals surface area (Å²) in [5.74, 6) is 0.265. The van der Waals surface area contributed by atoms with Crippen LogP contribution in [0.25, 0.3) is 0 Å². The van der Waals surface area contributed by atoms with Crippen LogP contribution < -0.4 is 10.5 Å². The van der Waals surface area contributed by atoms with Gasteiger partial charge in [0.1, 0.15) is 0 Å². The Morgan fingerprint density at radius 1 is 1.35 bits per heavy atom. The molecule has 0 amide bonds. The minimum atomic E-state index is -3.65. The molecule has 0 saturated carbocycles. The largest absolute Gasteiger partial charge is 0.326 e. The fourth-order valence-corrected chi connectivity index (χ4v) is 4.08. The maximum absolute atomic E-state index is 12.4. The van der Waals surface area contributed by atoms with Crippen LogP contribution in [0, 0.1) is 0 Å². The molecule has 3 N–H and O–H groups in total. The summed E-state index contributed by atoms with van der Waals surface area (Å²) in [5.41, 5.74) is 7.04. The van der Waals surface area contributed by atoms with Crippen molar-refractivity contribution in [2.45, 2.75) is 31.2 Å². The Bertz CT molecular complexity index is 693. The van der Waals surface area contributed by atoms with Crippen LogP contribution in [0.4, 0.5) is 5.13 Å². The van der Waals surface area contributed by atoms with E-state index in [0.29, 0.717) is 10.7 Å². The van der Waals surface area contributed by atoms with E-state index in [2.05, 4.69) is 9.71 Å². The summed E-state index contributed by atoms with van der Waals surface area (Å²) in [7, 11) is -3.65. The van der Waals surface area contributed by atoms with Crippen LogP contribution in [0.3, 0.4) is 0 Å². The summed E-state index contributed by atoms with van der Waals surface area (Å²) in [6.07, 6.45) is 0. The lowest BCUT2D eigenvalue weighted by Gasteiger charge is -2.09. The number of nitrogens with one attached hydrogen (secondary N) is 1. The second-order valence-corrected chi connectivity index (χ2v) is 7.16. The van der Waals surface area contributed by atoms with Crippen molar-refractivity contribution >= 4 is 26.5 Å². The highest BCUT2D eigenvalue weighted by Gasteiger charge is 2.19. The topological polar surface area (TPSA) is 85.1 Å². The Labute approximate surface area is 122 Å². The molecule has 0 fully saturated rings. The smallest absolute Gasteiger partial charge is 0.263 e. The lowest BCUT2D eigenvalue weighted by atomic mass is 10.2. The first-order chi connectivity index (χ1) is 9.44. The van der Waals surface area contributed by atoms with Crippen molar-refractivity contribution in [2.75, 3.05) is 4.72 Å². The fraction of sp³-hybridized carbons (Fsp3) is 0.308. The monoisotopic (exact) mass is 311 g/mol. The molecule has 0 bridgehead atoms. The third-order valence-corrected chi connectivity index (χ3v) is 5.16. The summed E-state index contributed by atoms with van der Waals surface area (Å²) in [4.78, 5) is 4.47. The molecule has 0 saturated heterocycles. The Hall–Kier alpha value is -1.44. The van der Waals surface area contributed by atoms with Crippen LogP contribution in [0.2, 0.25) is 0 Å². The van der Waals surface area contributed by atoms with Crippen LogP contribution in [-0.2, 0) is 16.6 Å². The number of hydrogen-bond acceptors (Lipinski definition) is 5. The number of anilines is 1. The second-order valence-electron chi connectivity index (χ2n) is 4.65. The molecule has 5 nitrogen and oxygen atoms in total. The summed E-state index contributed by atoms with van der Waals surface area (Å²) in [5, 5.41) is 2.23. The average molecular weight is 311 g/mol.